The molecule has 1 aliphatic heterocycles. The lowest BCUT2D eigenvalue weighted by molar-refractivity contribution is -0.117. The Labute approximate surface area is 207 Å². The summed E-state index contributed by atoms with van der Waals surface area (Å²) in [5.74, 6) is 0.136. The van der Waals surface area contributed by atoms with Gasteiger partial charge in [-0.05, 0) is 43.2 Å². The lowest BCUT2D eigenvalue weighted by atomic mass is 10.1. The van der Waals surface area contributed by atoms with E-state index in [4.69, 9.17) is 4.98 Å². The molecule has 5 rings (SSSR count). The van der Waals surface area contributed by atoms with Crippen LogP contribution in [0.2, 0.25) is 0 Å². The number of hydrogen-bond acceptors (Lipinski definition) is 5. The molecule has 1 aromatic heterocycles. The van der Waals surface area contributed by atoms with E-state index < -0.39 is 0 Å². The van der Waals surface area contributed by atoms with Gasteiger partial charge in [0, 0.05) is 24.2 Å². The molecule has 0 N–H and O–H groups in total. The lowest BCUT2D eigenvalue weighted by Gasteiger charge is -2.20. The highest BCUT2D eigenvalue weighted by Crippen LogP contribution is 2.27. The molecule has 1 atom stereocenters. The highest BCUT2D eigenvalue weighted by molar-refractivity contribution is 7.99. The van der Waals surface area contributed by atoms with E-state index in [1.165, 1.54) is 11.8 Å². The van der Waals surface area contributed by atoms with Gasteiger partial charge in [-0.2, -0.15) is 0 Å². The molecule has 3 aromatic carbocycles. The van der Waals surface area contributed by atoms with Crippen molar-refractivity contribution in [1.82, 2.24) is 9.55 Å². The predicted octanol–water partition coefficient (Wildman–Crippen LogP) is 5.11. The Morgan fingerprint density at radius 1 is 1.00 bits per heavy atom. The monoisotopic (exact) mass is 483 g/mol. The van der Waals surface area contributed by atoms with E-state index in [0.29, 0.717) is 34.6 Å². The SMILES string of the molecule is CC(c1ccccc1)n1c(SCC(=O)c2cccc(N3CCCC3=O)c2)nc2ccccc2c1=O. The molecule has 1 aliphatic rings. The second-order valence-electron chi connectivity index (χ2n) is 8.58. The van der Waals surface area contributed by atoms with Crippen molar-refractivity contribution in [3.63, 3.8) is 0 Å². The van der Waals surface area contributed by atoms with Crippen LogP contribution in [-0.2, 0) is 4.79 Å². The summed E-state index contributed by atoms with van der Waals surface area (Å²) in [4.78, 5) is 45.2. The number of anilines is 1. The molecule has 0 saturated carbocycles. The minimum atomic E-state index is -0.247. The zero-order chi connectivity index (χ0) is 24.4. The number of thioether (sulfide) groups is 1. The number of ketones is 1. The molecule has 4 aromatic rings. The molecule has 1 saturated heterocycles. The third-order valence-electron chi connectivity index (χ3n) is 6.33. The van der Waals surface area contributed by atoms with E-state index in [2.05, 4.69) is 0 Å². The van der Waals surface area contributed by atoms with Gasteiger partial charge in [0.15, 0.2) is 10.9 Å². The minimum Gasteiger partial charge on any atom is -0.312 e. The van der Waals surface area contributed by atoms with Crippen LogP contribution in [0.15, 0.2) is 88.8 Å². The summed E-state index contributed by atoms with van der Waals surface area (Å²) in [6.07, 6.45) is 1.37. The number of Topliss-reactive ketones (excluding diaryl/α,β-unsaturated/α-hetero) is 1. The summed E-state index contributed by atoms with van der Waals surface area (Å²) in [6.45, 7) is 2.64. The van der Waals surface area contributed by atoms with Crippen LogP contribution in [0.1, 0.15) is 41.7 Å². The zero-order valence-electron chi connectivity index (χ0n) is 19.4. The molecule has 7 heteroatoms. The number of amides is 1. The van der Waals surface area contributed by atoms with E-state index in [0.717, 1.165) is 17.7 Å². The fraction of sp³-hybridized carbons (Fsp3) is 0.214. The molecule has 0 radical (unpaired) electrons. The van der Waals surface area contributed by atoms with Crippen molar-refractivity contribution in [2.45, 2.75) is 31.0 Å². The fourth-order valence-corrected chi connectivity index (χ4v) is 5.40. The van der Waals surface area contributed by atoms with Gasteiger partial charge in [-0.1, -0.05) is 66.4 Å². The molecule has 1 unspecified atom stereocenters. The Bertz CT molecular complexity index is 1470. The van der Waals surface area contributed by atoms with Crippen LogP contribution in [-0.4, -0.2) is 33.5 Å². The molecule has 35 heavy (non-hydrogen) atoms. The van der Waals surface area contributed by atoms with Gasteiger partial charge in [-0.25, -0.2) is 4.98 Å². The van der Waals surface area contributed by atoms with Crippen LogP contribution in [0.5, 0.6) is 0 Å². The maximum absolute atomic E-state index is 13.5. The Morgan fingerprint density at radius 2 is 1.77 bits per heavy atom. The molecular formula is C28H25N3O3S. The smallest absolute Gasteiger partial charge is 0.262 e. The van der Waals surface area contributed by atoms with E-state index in [-0.39, 0.29) is 29.0 Å². The minimum absolute atomic E-state index is 0.0789. The van der Waals surface area contributed by atoms with E-state index >= 15 is 0 Å². The molecular weight excluding hydrogens is 458 g/mol. The van der Waals surface area contributed by atoms with Crippen molar-refractivity contribution in [2.24, 2.45) is 0 Å². The van der Waals surface area contributed by atoms with Crippen molar-refractivity contribution in [2.75, 3.05) is 17.2 Å². The first-order valence-electron chi connectivity index (χ1n) is 11.7. The quantitative estimate of drug-likeness (QED) is 0.208. The maximum Gasteiger partial charge on any atom is 0.262 e. The number of nitrogens with zero attached hydrogens (tertiary/aromatic N) is 3. The Kier molecular flexibility index (Phi) is 6.51. The number of rotatable bonds is 7. The van der Waals surface area contributed by atoms with Crippen molar-refractivity contribution in [3.8, 4) is 0 Å². The number of benzene rings is 3. The van der Waals surface area contributed by atoms with Crippen LogP contribution < -0.4 is 10.5 Å². The molecule has 0 bridgehead atoms. The predicted molar refractivity (Wildman–Crippen MR) is 139 cm³/mol. The number of carbonyl (C=O) groups is 2. The molecule has 0 spiro atoms. The molecule has 1 amide bonds. The highest BCUT2D eigenvalue weighted by Gasteiger charge is 2.23. The van der Waals surface area contributed by atoms with Gasteiger partial charge in [0.05, 0.1) is 22.7 Å². The first-order chi connectivity index (χ1) is 17.0. The topological polar surface area (TPSA) is 72.3 Å². The van der Waals surface area contributed by atoms with Crippen molar-refractivity contribution >= 4 is 40.0 Å². The summed E-state index contributed by atoms with van der Waals surface area (Å²) in [5.41, 5.74) is 2.76. The molecule has 0 aliphatic carbocycles. The molecule has 2 heterocycles. The Balaban J connectivity index is 1.46. The van der Waals surface area contributed by atoms with Crippen LogP contribution in [0.4, 0.5) is 5.69 Å². The first-order valence-corrected chi connectivity index (χ1v) is 12.6. The van der Waals surface area contributed by atoms with Gasteiger partial charge in [0.25, 0.3) is 5.56 Å². The number of carbonyl (C=O) groups excluding carboxylic acids is 2. The third-order valence-corrected chi connectivity index (χ3v) is 7.28. The average Bonchev–Trinajstić information content (AvgIpc) is 3.33. The number of fused-ring (bicyclic) bond motifs is 1. The third kappa shape index (κ3) is 4.64. The largest absolute Gasteiger partial charge is 0.312 e. The summed E-state index contributed by atoms with van der Waals surface area (Å²) in [7, 11) is 0. The Hall–Kier alpha value is -3.71. The van der Waals surface area contributed by atoms with Crippen molar-refractivity contribution in [3.05, 3.63) is 100 Å². The number of aromatic nitrogens is 2. The maximum atomic E-state index is 13.5. The first kappa shape index (κ1) is 23.1. The van der Waals surface area contributed by atoms with E-state index in [9.17, 15) is 14.4 Å². The van der Waals surface area contributed by atoms with Crippen LogP contribution in [0, 0.1) is 0 Å². The normalized spacial score (nSPS) is 14.4. The summed E-state index contributed by atoms with van der Waals surface area (Å²) in [6, 6.07) is 24.0. The van der Waals surface area contributed by atoms with E-state index in [1.54, 1.807) is 33.7 Å². The fourth-order valence-electron chi connectivity index (χ4n) is 4.43. The number of para-hydroxylation sites is 1. The van der Waals surface area contributed by atoms with Crippen molar-refractivity contribution in [1.29, 1.82) is 0 Å². The van der Waals surface area contributed by atoms with Gasteiger partial charge < -0.3 is 4.90 Å². The second-order valence-corrected chi connectivity index (χ2v) is 9.53. The molecule has 6 nitrogen and oxygen atoms in total. The van der Waals surface area contributed by atoms with Crippen LogP contribution in [0.25, 0.3) is 10.9 Å². The van der Waals surface area contributed by atoms with Gasteiger partial charge in [0.1, 0.15) is 0 Å². The van der Waals surface area contributed by atoms with Gasteiger partial charge in [-0.15, -0.1) is 0 Å². The number of hydrogen-bond donors (Lipinski definition) is 0. The summed E-state index contributed by atoms with van der Waals surface area (Å²) >= 11 is 1.26. The second kappa shape index (κ2) is 9.88. The van der Waals surface area contributed by atoms with Crippen LogP contribution >= 0.6 is 11.8 Å². The average molecular weight is 484 g/mol. The van der Waals surface area contributed by atoms with Gasteiger partial charge >= 0.3 is 0 Å². The summed E-state index contributed by atoms with van der Waals surface area (Å²) in [5, 5.41) is 1.05. The highest BCUT2D eigenvalue weighted by atomic mass is 32.2. The standard InChI is InChI=1S/C28H25N3O3S/c1-19(20-9-3-2-4-10-20)31-27(34)23-13-5-6-14-24(23)29-28(31)35-18-25(32)21-11-7-12-22(17-21)30-16-8-15-26(30)33/h2-7,9-14,17,19H,8,15-16,18H2,1H3. The van der Waals surface area contributed by atoms with Crippen molar-refractivity contribution < 1.29 is 9.59 Å². The molecule has 1 fully saturated rings. The zero-order valence-corrected chi connectivity index (χ0v) is 20.2. The van der Waals surface area contributed by atoms with Crippen LogP contribution in [0.3, 0.4) is 0 Å². The van der Waals surface area contributed by atoms with Gasteiger partial charge in [-0.3, -0.25) is 19.0 Å². The molecule has 176 valence electrons. The van der Waals surface area contributed by atoms with Gasteiger partial charge in [0.2, 0.25) is 5.91 Å². The van der Waals surface area contributed by atoms with E-state index in [1.807, 2.05) is 61.5 Å². The summed E-state index contributed by atoms with van der Waals surface area (Å²) < 4.78 is 1.68. The Morgan fingerprint density at radius 3 is 2.54 bits per heavy atom. The lowest BCUT2D eigenvalue weighted by Crippen LogP contribution is -2.27.